The number of amides is 1. The Bertz CT molecular complexity index is 942. The molecule has 128 valence electrons. The van der Waals surface area contributed by atoms with E-state index in [-0.39, 0.29) is 17.6 Å². The molecular weight excluding hydrogens is 325 g/mol. The maximum absolute atomic E-state index is 13.6. The molecule has 2 N–H and O–H groups in total. The van der Waals surface area contributed by atoms with Crippen LogP contribution in [0.5, 0.6) is 0 Å². The van der Waals surface area contributed by atoms with Gasteiger partial charge in [-0.25, -0.2) is 13.9 Å². The Hall–Kier alpha value is -3.00. The molecular formula is C17H16FN5O2. The van der Waals surface area contributed by atoms with Crippen molar-refractivity contribution in [2.75, 3.05) is 24.7 Å². The van der Waals surface area contributed by atoms with Crippen LogP contribution in [-0.4, -0.2) is 40.3 Å². The normalized spacial score (nSPS) is 17.8. The lowest BCUT2D eigenvalue weighted by atomic mass is 10.0. The van der Waals surface area contributed by atoms with Gasteiger partial charge in [0.1, 0.15) is 17.3 Å². The van der Waals surface area contributed by atoms with Crippen molar-refractivity contribution in [1.82, 2.24) is 14.6 Å². The van der Waals surface area contributed by atoms with Gasteiger partial charge >= 0.3 is 0 Å². The molecule has 0 bridgehead atoms. The molecule has 0 unspecified atom stereocenters. The van der Waals surface area contributed by atoms with E-state index >= 15 is 0 Å². The van der Waals surface area contributed by atoms with E-state index in [2.05, 4.69) is 10.1 Å². The summed E-state index contributed by atoms with van der Waals surface area (Å²) in [5.41, 5.74) is 6.93. The number of anilines is 1. The molecule has 3 heterocycles. The number of nitrogens with two attached hydrogens (primary N) is 1. The van der Waals surface area contributed by atoms with Gasteiger partial charge < -0.3 is 15.4 Å². The zero-order valence-electron chi connectivity index (χ0n) is 13.3. The number of carbonyl (C=O) groups is 1. The molecule has 1 saturated heterocycles. The fourth-order valence-corrected chi connectivity index (χ4v) is 3.05. The molecule has 2 aromatic heterocycles. The second kappa shape index (κ2) is 6.14. The SMILES string of the molecule is NC(=O)c1cnc2ccc(N3CCOC[C@@H]3c3cccc(F)c3)nn12. The highest BCUT2D eigenvalue weighted by atomic mass is 19.1. The van der Waals surface area contributed by atoms with Crippen molar-refractivity contribution in [3.8, 4) is 0 Å². The molecule has 1 fully saturated rings. The minimum absolute atomic E-state index is 0.171. The van der Waals surface area contributed by atoms with Crippen LogP contribution in [0.2, 0.25) is 0 Å². The number of carbonyl (C=O) groups excluding carboxylic acids is 1. The van der Waals surface area contributed by atoms with E-state index in [0.29, 0.717) is 31.2 Å². The molecule has 1 amide bonds. The average Bonchev–Trinajstić information content (AvgIpc) is 3.05. The second-order valence-electron chi connectivity index (χ2n) is 5.81. The maximum Gasteiger partial charge on any atom is 0.269 e. The van der Waals surface area contributed by atoms with Crippen molar-refractivity contribution < 1.29 is 13.9 Å². The first-order chi connectivity index (χ1) is 12.1. The molecule has 1 aliphatic heterocycles. The van der Waals surface area contributed by atoms with Gasteiger partial charge in [0.15, 0.2) is 5.65 Å². The molecule has 4 rings (SSSR count). The molecule has 1 aliphatic rings. The van der Waals surface area contributed by atoms with Crippen LogP contribution in [0.3, 0.4) is 0 Å². The van der Waals surface area contributed by atoms with Crippen molar-refractivity contribution in [1.29, 1.82) is 0 Å². The first-order valence-electron chi connectivity index (χ1n) is 7.88. The first kappa shape index (κ1) is 15.5. The zero-order chi connectivity index (χ0) is 17.4. The van der Waals surface area contributed by atoms with Gasteiger partial charge in [-0.1, -0.05) is 12.1 Å². The highest BCUT2D eigenvalue weighted by Crippen LogP contribution is 2.29. The Morgan fingerprint density at radius 2 is 2.20 bits per heavy atom. The maximum atomic E-state index is 13.6. The van der Waals surface area contributed by atoms with Crippen molar-refractivity contribution >= 4 is 17.4 Å². The van der Waals surface area contributed by atoms with Crippen LogP contribution in [0.4, 0.5) is 10.2 Å². The molecule has 7 nitrogen and oxygen atoms in total. The monoisotopic (exact) mass is 341 g/mol. The smallest absolute Gasteiger partial charge is 0.269 e. The molecule has 0 radical (unpaired) electrons. The van der Waals surface area contributed by atoms with E-state index in [1.807, 2.05) is 17.0 Å². The van der Waals surface area contributed by atoms with Crippen molar-refractivity contribution in [2.45, 2.75) is 6.04 Å². The summed E-state index contributed by atoms with van der Waals surface area (Å²) in [6.07, 6.45) is 1.40. The summed E-state index contributed by atoms with van der Waals surface area (Å²) in [6.45, 7) is 1.56. The van der Waals surface area contributed by atoms with Gasteiger partial charge in [0.25, 0.3) is 5.91 Å². The number of benzene rings is 1. The number of primary amides is 1. The number of hydrogen-bond acceptors (Lipinski definition) is 5. The van der Waals surface area contributed by atoms with Crippen molar-refractivity contribution in [3.63, 3.8) is 0 Å². The lowest BCUT2D eigenvalue weighted by Gasteiger charge is -2.36. The fraction of sp³-hybridized carbons (Fsp3) is 0.235. The van der Waals surface area contributed by atoms with Crippen LogP contribution in [0, 0.1) is 5.82 Å². The summed E-state index contributed by atoms with van der Waals surface area (Å²) < 4.78 is 20.6. The quantitative estimate of drug-likeness (QED) is 0.781. The number of rotatable bonds is 3. The predicted octanol–water partition coefficient (Wildman–Crippen LogP) is 1.55. The van der Waals surface area contributed by atoms with Crippen LogP contribution in [0.15, 0.2) is 42.6 Å². The third kappa shape index (κ3) is 2.80. The van der Waals surface area contributed by atoms with Crippen LogP contribution >= 0.6 is 0 Å². The van der Waals surface area contributed by atoms with Crippen LogP contribution in [0.1, 0.15) is 22.1 Å². The predicted molar refractivity (Wildman–Crippen MR) is 88.8 cm³/mol. The third-order valence-corrected chi connectivity index (χ3v) is 4.26. The summed E-state index contributed by atoms with van der Waals surface area (Å²) in [5, 5.41) is 4.51. The molecule has 0 spiro atoms. The number of nitrogens with zero attached hydrogens (tertiary/aromatic N) is 4. The zero-order valence-corrected chi connectivity index (χ0v) is 13.3. The summed E-state index contributed by atoms with van der Waals surface area (Å²) in [6, 6.07) is 9.87. The van der Waals surface area contributed by atoms with Crippen molar-refractivity contribution in [2.24, 2.45) is 5.73 Å². The van der Waals surface area contributed by atoms with Gasteiger partial charge in [0.2, 0.25) is 0 Å². The molecule has 3 aromatic rings. The molecule has 1 atom stereocenters. The van der Waals surface area contributed by atoms with E-state index in [1.165, 1.54) is 22.8 Å². The van der Waals surface area contributed by atoms with E-state index in [4.69, 9.17) is 10.5 Å². The average molecular weight is 341 g/mol. The third-order valence-electron chi connectivity index (χ3n) is 4.26. The minimum Gasteiger partial charge on any atom is -0.377 e. The topological polar surface area (TPSA) is 85.8 Å². The number of aromatic nitrogens is 3. The first-order valence-corrected chi connectivity index (χ1v) is 7.88. The van der Waals surface area contributed by atoms with Gasteiger partial charge in [0, 0.05) is 6.54 Å². The van der Waals surface area contributed by atoms with E-state index in [1.54, 1.807) is 12.1 Å². The van der Waals surface area contributed by atoms with E-state index in [9.17, 15) is 9.18 Å². The summed E-state index contributed by atoms with van der Waals surface area (Å²) in [5.74, 6) is -0.247. The number of ether oxygens (including phenoxy) is 1. The summed E-state index contributed by atoms with van der Waals surface area (Å²) >= 11 is 0. The van der Waals surface area contributed by atoms with Gasteiger partial charge in [-0.05, 0) is 29.8 Å². The summed E-state index contributed by atoms with van der Waals surface area (Å²) in [7, 11) is 0. The number of halogens is 1. The second-order valence-corrected chi connectivity index (χ2v) is 5.81. The minimum atomic E-state index is -0.596. The Labute approximate surface area is 142 Å². The van der Waals surface area contributed by atoms with Gasteiger partial charge in [0.05, 0.1) is 25.5 Å². The highest BCUT2D eigenvalue weighted by Gasteiger charge is 2.27. The van der Waals surface area contributed by atoms with Gasteiger partial charge in [-0.3, -0.25) is 4.79 Å². The van der Waals surface area contributed by atoms with E-state index < -0.39 is 5.91 Å². The standard InChI is InChI=1S/C17H16FN5O2/c18-12-3-1-2-11(8-12)14-10-25-7-6-22(14)16-5-4-15-20-9-13(17(19)24)23(15)21-16/h1-5,8-9,14H,6-7,10H2,(H2,19,24)/t14-/m1/s1. The lowest BCUT2D eigenvalue weighted by molar-refractivity contribution is 0.0934. The Kier molecular flexibility index (Phi) is 3.81. The molecule has 25 heavy (non-hydrogen) atoms. The number of imidazole rings is 1. The van der Waals surface area contributed by atoms with Crippen LogP contribution < -0.4 is 10.6 Å². The van der Waals surface area contributed by atoms with Crippen molar-refractivity contribution in [3.05, 3.63) is 59.7 Å². The summed E-state index contributed by atoms with van der Waals surface area (Å²) in [4.78, 5) is 17.7. The van der Waals surface area contributed by atoms with Crippen LogP contribution in [-0.2, 0) is 4.74 Å². The van der Waals surface area contributed by atoms with E-state index in [0.717, 1.165) is 5.56 Å². The Morgan fingerprint density at radius 1 is 1.32 bits per heavy atom. The van der Waals surface area contributed by atoms with Gasteiger partial charge in [-0.2, -0.15) is 0 Å². The van der Waals surface area contributed by atoms with Crippen LogP contribution in [0.25, 0.3) is 5.65 Å². The van der Waals surface area contributed by atoms with Gasteiger partial charge in [-0.15, -0.1) is 5.10 Å². The molecule has 0 saturated carbocycles. The lowest BCUT2D eigenvalue weighted by Crippen LogP contribution is -2.40. The Morgan fingerprint density at radius 3 is 3.00 bits per heavy atom. The Balaban J connectivity index is 1.76. The molecule has 1 aromatic carbocycles. The number of hydrogen-bond donors (Lipinski definition) is 1. The number of fused-ring (bicyclic) bond motifs is 1. The number of morpholine rings is 1. The molecule has 0 aliphatic carbocycles. The fourth-order valence-electron chi connectivity index (χ4n) is 3.05. The molecule has 8 heteroatoms. The highest BCUT2D eigenvalue weighted by molar-refractivity contribution is 5.91. The largest absolute Gasteiger partial charge is 0.377 e.